The second kappa shape index (κ2) is 9.51. The minimum atomic E-state index is -1.04. The molecule has 0 saturated heterocycles. The first kappa shape index (κ1) is 24.7. The average molecular weight is 433 g/mol. The molecule has 7 atom stereocenters. The molecule has 0 spiro atoms. The van der Waals surface area contributed by atoms with E-state index in [1.54, 1.807) is 13.8 Å². The molecule has 3 saturated carbocycles. The molecule has 4 nitrogen and oxygen atoms in total. The topological polar surface area (TPSA) is 80.9 Å². The Balaban J connectivity index is 1.71. The number of hydrogen-bond donors (Lipinski definition) is 4. The van der Waals surface area contributed by atoms with Gasteiger partial charge in [0.15, 0.2) is 0 Å². The molecule has 0 aromatic carbocycles. The van der Waals surface area contributed by atoms with Gasteiger partial charge in [0.1, 0.15) is 0 Å². The first-order valence-corrected chi connectivity index (χ1v) is 12.3. The molecule has 0 radical (unpaired) electrons. The summed E-state index contributed by atoms with van der Waals surface area (Å²) in [5.74, 6) is 1.74. The first-order valence-electron chi connectivity index (χ1n) is 12.3. The Morgan fingerprint density at radius 1 is 1.19 bits per heavy atom. The molecule has 3 rings (SSSR count). The standard InChI is InChI=1S/C27H44O4/c1-17(8-13-25(30)26(3,4)31)22-11-12-23-19(7-6-14-27(22,23)5)9-10-20-15-21(28)16-24(29)18(20)2/h9-10,17,21-25,28-31H,2,6-8,11-16H2,1,3-5H3/b19-9-,20-10-/t17-,21-,22-,23+,24+,25-,27-/m1/s1. The van der Waals surface area contributed by atoms with Crippen LogP contribution in [-0.2, 0) is 0 Å². The van der Waals surface area contributed by atoms with Crippen LogP contribution in [0.5, 0.6) is 0 Å². The highest BCUT2D eigenvalue weighted by Crippen LogP contribution is 2.60. The van der Waals surface area contributed by atoms with Crippen molar-refractivity contribution in [3.8, 4) is 0 Å². The quantitative estimate of drug-likeness (QED) is 0.491. The molecule has 0 aliphatic heterocycles. The Bertz CT molecular complexity index is 715. The molecule has 3 aliphatic carbocycles. The maximum Gasteiger partial charge on any atom is 0.0849 e. The predicted octanol–water partition coefficient (Wildman–Crippen LogP) is 4.68. The highest BCUT2D eigenvalue weighted by molar-refractivity contribution is 5.38. The van der Waals surface area contributed by atoms with Gasteiger partial charge in [0.2, 0.25) is 0 Å². The fourth-order valence-corrected chi connectivity index (χ4v) is 6.65. The van der Waals surface area contributed by atoms with Crippen LogP contribution in [0, 0.1) is 23.2 Å². The van der Waals surface area contributed by atoms with E-state index < -0.39 is 23.9 Å². The molecule has 0 aromatic heterocycles. The molecule has 4 N–H and O–H groups in total. The van der Waals surface area contributed by atoms with E-state index in [2.05, 4.69) is 32.6 Å². The summed E-state index contributed by atoms with van der Waals surface area (Å²) in [6, 6.07) is 0. The van der Waals surface area contributed by atoms with Crippen molar-refractivity contribution in [2.45, 2.75) is 109 Å². The van der Waals surface area contributed by atoms with Gasteiger partial charge in [-0.3, -0.25) is 0 Å². The van der Waals surface area contributed by atoms with Crippen molar-refractivity contribution in [2.24, 2.45) is 23.2 Å². The summed E-state index contributed by atoms with van der Waals surface area (Å²) >= 11 is 0. The molecular formula is C27H44O4. The van der Waals surface area contributed by atoms with Crippen LogP contribution in [0.3, 0.4) is 0 Å². The Kier molecular flexibility index (Phi) is 7.57. The zero-order valence-electron chi connectivity index (χ0n) is 20.0. The number of hydrogen-bond acceptors (Lipinski definition) is 4. The lowest BCUT2D eigenvalue weighted by Gasteiger charge is -2.44. The fraction of sp³-hybridized carbons (Fsp3) is 0.778. The van der Waals surface area contributed by atoms with Crippen molar-refractivity contribution >= 4 is 0 Å². The molecule has 0 unspecified atom stereocenters. The SMILES string of the molecule is C=C1/C(=C\C=C2\CCC[C@]3(C)[C@@H]([C@H](C)CC[C@@H](O)C(C)(C)O)CC[C@@H]23)C[C@@H](O)C[C@@H]1O. The zero-order chi connectivity index (χ0) is 23.0. The van der Waals surface area contributed by atoms with Gasteiger partial charge in [-0.15, -0.1) is 0 Å². The van der Waals surface area contributed by atoms with Crippen LogP contribution in [-0.4, -0.2) is 44.3 Å². The van der Waals surface area contributed by atoms with E-state index >= 15 is 0 Å². The van der Waals surface area contributed by atoms with Gasteiger partial charge >= 0.3 is 0 Å². The van der Waals surface area contributed by atoms with E-state index in [-0.39, 0.29) is 5.41 Å². The maximum absolute atomic E-state index is 10.3. The summed E-state index contributed by atoms with van der Waals surface area (Å²) in [5.41, 5.74) is 2.48. The summed E-state index contributed by atoms with van der Waals surface area (Å²) in [6.07, 6.45) is 11.1. The molecule has 176 valence electrons. The third-order valence-corrected chi connectivity index (χ3v) is 8.70. The van der Waals surface area contributed by atoms with Crippen LogP contribution >= 0.6 is 0 Å². The highest BCUT2D eigenvalue weighted by atomic mass is 16.3. The molecular weight excluding hydrogens is 388 g/mol. The molecule has 0 amide bonds. The minimum Gasteiger partial charge on any atom is -0.393 e. The van der Waals surface area contributed by atoms with Crippen LogP contribution in [0.15, 0.2) is 35.5 Å². The van der Waals surface area contributed by atoms with Crippen LogP contribution in [0.25, 0.3) is 0 Å². The molecule has 0 aromatic rings. The largest absolute Gasteiger partial charge is 0.393 e. The van der Waals surface area contributed by atoms with Crippen molar-refractivity contribution in [3.63, 3.8) is 0 Å². The van der Waals surface area contributed by atoms with Gasteiger partial charge in [0.25, 0.3) is 0 Å². The van der Waals surface area contributed by atoms with Gasteiger partial charge < -0.3 is 20.4 Å². The molecule has 3 fully saturated rings. The molecule has 0 bridgehead atoms. The van der Waals surface area contributed by atoms with Crippen molar-refractivity contribution in [2.75, 3.05) is 0 Å². The highest BCUT2D eigenvalue weighted by Gasteiger charge is 2.50. The lowest BCUT2D eigenvalue weighted by atomic mass is 9.60. The Morgan fingerprint density at radius 3 is 2.58 bits per heavy atom. The fourth-order valence-electron chi connectivity index (χ4n) is 6.65. The lowest BCUT2D eigenvalue weighted by Crippen LogP contribution is -2.38. The van der Waals surface area contributed by atoms with Crippen LogP contribution < -0.4 is 0 Å². The van der Waals surface area contributed by atoms with E-state index in [1.165, 1.54) is 31.3 Å². The maximum atomic E-state index is 10.3. The molecule has 0 heterocycles. The molecule has 31 heavy (non-hydrogen) atoms. The number of aliphatic hydroxyl groups is 4. The van der Waals surface area contributed by atoms with Gasteiger partial charge in [-0.2, -0.15) is 0 Å². The van der Waals surface area contributed by atoms with Crippen LogP contribution in [0.1, 0.15) is 85.5 Å². The van der Waals surface area contributed by atoms with Crippen LogP contribution in [0.2, 0.25) is 0 Å². The van der Waals surface area contributed by atoms with E-state index in [4.69, 9.17) is 0 Å². The van der Waals surface area contributed by atoms with E-state index in [0.29, 0.717) is 37.0 Å². The molecule has 3 aliphatic rings. The van der Waals surface area contributed by atoms with Gasteiger partial charge in [0.05, 0.1) is 23.9 Å². The predicted molar refractivity (Wildman–Crippen MR) is 125 cm³/mol. The Labute approximate surface area is 188 Å². The van der Waals surface area contributed by atoms with Gasteiger partial charge in [-0.1, -0.05) is 38.2 Å². The lowest BCUT2D eigenvalue weighted by molar-refractivity contribution is -0.0554. The summed E-state index contributed by atoms with van der Waals surface area (Å²) < 4.78 is 0. The third kappa shape index (κ3) is 5.35. The zero-order valence-corrected chi connectivity index (χ0v) is 20.0. The number of aliphatic hydroxyl groups excluding tert-OH is 3. The Morgan fingerprint density at radius 2 is 1.90 bits per heavy atom. The third-order valence-electron chi connectivity index (χ3n) is 8.70. The van der Waals surface area contributed by atoms with Gasteiger partial charge in [-0.05, 0) is 99.5 Å². The van der Waals surface area contributed by atoms with Crippen molar-refractivity contribution in [1.29, 1.82) is 0 Å². The summed E-state index contributed by atoms with van der Waals surface area (Å²) in [6.45, 7) is 12.2. The number of fused-ring (bicyclic) bond motifs is 1. The summed E-state index contributed by atoms with van der Waals surface area (Å²) in [4.78, 5) is 0. The summed E-state index contributed by atoms with van der Waals surface area (Å²) in [7, 11) is 0. The van der Waals surface area contributed by atoms with E-state index in [9.17, 15) is 20.4 Å². The smallest absolute Gasteiger partial charge is 0.0849 e. The first-order chi connectivity index (χ1) is 14.4. The van der Waals surface area contributed by atoms with E-state index in [1.807, 2.05) is 0 Å². The second-order valence-electron chi connectivity index (χ2n) is 11.4. The number of allylic oxidation sites excluding steroid dienone is 3. The van der Waals surface area contributed by atoms with Gasteiger partial charge in [-0.25, -0.2) is 0 Å². The Hall–Kier alpha value is -0.940. The minimum absolute atomic E-state index is 0.282. The van der Waals surface area contributed by atoms with Crippen LogP contribution in [0.4, 0.5) is 0 Å². The normalized spacial score (nSPS) is 39.0. The van der Waals surface area contributed by atoms with Crippen molar-refractivity contribution in [1.82, 2.24) is 0 Å². The van der Waals surface area contributed by atoms with Gasteiger partial charge in [0, 0.05) is 6.42 Å². The number of rotatable bonds is 6. The molecule has 4 heteroatoms. The average Bonchev–Trinajstić information content (AvgIpc) is 3.04. The van der Waals surface area contributed by atoms with Crippen molar-refractivity contribution < 1.29 is 20.4 Å². The summed E-state index contributed by atoms with van der Waals surface area (Å²) in [5, 5.41) is 40.5. The van der Waals surface area contributed by atoms with Crippen molar-refractivity contribution in [3.05, 3.63) is 35.5 Å². The van der Waals surface area contributed by atoms with E-state index in [0.717, 1.165) is 24.0 Å². The monoisotopic (exact) mass is 432 g/mol. The second-order valence-corrected chi connectivity index (χ2v) is 11.4.